The lowest BCUT2D eigenvalue weighted by Gasteiger charge is -2.15. The van der Waals surface area contributed by atoms with Crippen molar-refractivity contribution in [2.45, 2.75) is 33.3 Å². The van der Waals surface area contributed by atoms with Gasteiger partial charge in [-0.2, -0.15) is 0 Å². The van der Waals surface area contributed by atoms with E-state index in [0.717, 1.165) is 17.9 Å². The van der Waals surface area contributed by atoms with Gasteiger partial charge in [-0.25, -0.2) is 13.4 Å². The van der Waals surface area contributed by atoms with Crippen molar-refractivity contribution in [3.05, 3.63) is 29.8 Å². The van der Waals surface area contributed by atoms with Gasteiger partial charge < -0.3 is 15.4 Å². The zero-order valence-corrected chi connectivity index (χ0v) is 18.6. The fraction of sp³-hybridized carbons (Fsp3) is 0.588. The van der Waals surface area contributed by atoms with Gasteiger partial charge in [-0.05, 0) is 44.9 Å². The summed E-state index contributed by atoms with van der Waals surface area (Å²) in [6.45, 7) is 7.80. The van der Waals surface area contributed by atoms with Crippen molar-refractivity contribution in [3.8, 4) is 5.75 Å². The largest absolute Gasteiger partial charge is 0.489 e. The number of aliphatic imine (C=N–C) groups is 1. The van der Waals surface area contributed by atoms with Crippen LogP contribution in [0.4, 0.5) is 0 Å². The van der Waals surface area contributed by atoms with Gasteiger partial charge in [-0.15, -0.1) is 24.0 Å². The summed E-state index contributed by atoms with van der Waals surface area (Å²) in [5.41, 5.74) is 1.16. The SMILES string of the molecule is CCNC(=NCC(C)Oc1cccc(C)c1)NCCCS(C)(=O)=O.I. The molecule has 8 heteroatoms. The van der Waals surface area contributed by atoms with Crippen molar-refractivity contribution in [1.29, 1.82) is 0 Å². The Morgan fingerprint density at radius 2 is 2.04 bits per heavy atom. The molecule has 2 N–H and O–H groups in total. The van der Waals surface area contributed by atoms with E-state index in [4.69, 9.17) is 4.74 Å². The maximum atomic E-state index is 11.1. The van der Waals surface area contributed by atoms with Gasteiger partial charge in [0.15, 0.2) is 5.96 Å². The number of benzene rings is 1. The van der Waals surface area contributed by atoms with Crippen molar-refractivity contribution in [2.24, 2.45) is 4.99 Å². The van der Waals surface area contributed by atoms with Crippen LogP contribution in [-0.4, -0.2) is 52.1 Å². The second kappa shape index (κ2) is 12.3. The molecule has 1 atom stereocenters. The van der Waals surface area contributed by atoms with E-state index in [2.05, 4.69) is 15.6 Å². The van der Waals surface area contributed by atoms with Crippen LogP contribution in [0.25, 0.3) is 0 Å². The first-order chi connectivity index (χ1) is 11.3. The molecule has 0 aliphatic heterocycles. The van der Waals surface area contributed by atoms with Crippen LogP contribution >= 0.6 is 24.0 Å². The third kappa shape index (κ3) is 12.0. The molecule has 0 aromatic heterocycles. The number of aryl methyl sites for hydroxylation is 1. The molecule has 1 aromatic carbocycles. The first kappa shape index (κ1) is 24.0. The van der Waals surface area contributed by atoms with Gasteiger partial charge in [-0.3, -0.25) is 0 Å². The number of nitrogens with one attached hydrogen (secondary N) is 2. The lowest BCUT2D eigenvalue weighted by Crippen LogP contribution is -2.39. The monoisotopic (exact) mass is 483 g/mol. The van der Waals surface area contributed by atoms with E-state index in [-0.39, 0.29) is 35.8 Å². The molecule has 0 saturated heterocycles. The van der Waals surface area contributed by atoms with Gasteiger partial charge in [-0.1, -0.05) is 12.1 Å². The minimum Gasteiger partial charge on any atom is -0.489 e. The van der Waals surface area contributed by atoms with Crippen molar-refractivity contribution in [2.75, 3.05) is 31.6 Å². The van der Waals surface area contributed by atoms with Crippen LogP contribution in [0.5, 0.6) is 5.75 Å². The van der Waals surface area contributed by atoms with Crippen LogP contribution in [0.15, 0.2) is 29.3 Å². The first-order valence-electron chi connectivity index (χ1n) is 8.23. The Kier molecular flexibility index (Phi) is 11.8. The summed E-state index contributed by atoms with van der Waals surface area (Å²) in [4.78, 5) is 4.49. The molecule has 1 rings (SSSR count). The van der Waals surface area contributed by atoms with E-state index in [9.17, 15) is 8.42 Å². The number of hydrogen-bond donors (Lipinski definition) is 2. The quantitative estimate of drug-likeness (QED) is 0.244. The number of rotatable bonds is 9. The van der Waals surface area contributed by atoms with Crippen LogP contribution in [0, 0.1) is 6.92 Å². The van der Waals surface area contributed by atoms with Gasteiger partial charge in [0, 0.05) is 19.3 Å². The Bertz CT molecular complexity index is 636. The fourth-order valence-electron chi connectivity index (χ4n) is 2.06. The van der Waals surface area contributed by atoms with Gasteiger partial charge in [0.25, 0.3) is 0 Å². The number of ether oxygens (including phenoxy) is 1. The summed E-state index contributed by atoms with van der Waals surface area (Å²) in [5.74, 6) is 1.68. The molecule has 0 spiro atoms. The second-order valence-electron chi connectivity index (χ2n) is 5.87. The summed E-state index contributed by atoms with van der Waals surface area (Å²) < 4.78 is 28.1. The Balaban J connectivity index is 0.00000576. The lowest BCUT2D eigenvalue weighted by molar-refractivity contribution is 0.230. The highest BCUT2D eigenvalue weighted by Gasteiger charge is 2.06. The molecule has 25 heavy (non-hydrogen) atoms. The van der Waals surface area contributed by atoms with Crippen molar-refractivity contribution in [1.82, 2.24) is 10.6 Å². The molecule has 1 unspecified atom stereocenters. The van der Waals surface area contributed by atoms with Crippen molar-refractivity contribution < 1.29 is 13.2 Å². The number of sulfone groups is 1. The molecule has 144 valence electrons. The van der Waals surface area contributed by atoms with Crippen LogP contribution in [0.2, 0.25) is 0 Å². The second-order valence-corrected chi connectivity index (χ2v) is 8.13. The zero-order chi connectivity index (χ0) is 18.0. The highest BCUT2D eigenvalue weighted by molar-refractivity contribution is 14.0. The predicted molar refractivity (Wildman–Crippen MR) is 115 cm³/mol. The lowest BCUT2D eigenvalue weighted by atomic mass is 10.2. The molecule has 0 heterocycles. The highest BCUT2D eigenvalue weighted by Crippen LogP contribution is 2.14. The molecular weight excluding hydrogens is 453 g/mol. The molecule has 6 nitrogen and oxygen atoms in total. The Morgan fingerprint density at radius 1 is 1.32 bits per heavy atom. The van der Waals surface area contributed by atoms with Crippen LogP contribution in [0.1, 0.15) is 25.8 Å². The van der Waals surface area contributed by atoms with Gasteiger partial charge in [0.1, 0.15) is 21.7 Å². The average Bonchev–Trinajstić information content (AvgIpc) is 2.48. The minimum absolute atomic E-state index is 0. The summed E-state index contributed by atoms with van der Waals surface area (Å²) in [6, 6.07) is 7.92. The molecule has 0 saturated carbocycles. The fourth-order valence-corrected chi connectivity index (χ4v) is 2.73. The number of guanidine groups is 1. The Hall–Kier alpha value is -1.03. The topological polar surface area (TPSA) is 79.8 Å². The third-order valence-corrected chi connectivity index (χ3v) is 4.19. The van der Waals surface area contributed by atoms with Crippen LogP contribution in [0.3, 0.4) is 0 Å². The van der Waals surface area contributed by atoms with Crippen LogP contribution < -0.4 is 15.4 Å². The predicted octanol–water partition coefficient (Wildman–Crippen LogP) is 2.37. The highest BCUT2D eigenvalue weighted by atomic mass is 127. The first-order valence-corrected chi connectivity index (χ1v) is 10.3. The van der Waals surface area contributed by atoms with Crippen molar-refractivity contribution >= 4 is 39.8 Å². The number of hydrogen-bond acceptors (Lipinski definition) is 4. The molecule has 0 amide bonds. The van der Waals surface area contributed by atoms with Crippen LogP contribution in [-0.2, 0) is 9.84 Å². The van der Waals surface area contributed by atoms with Gasteiger partial charge in [0.2, 0.25) is 0 Å². The molecule has 0 aliphatic rings. The summed E-state index contributed by atoms with van der Waals surface area (Å²) in [7, 11) is -2.92. The van der Waals surface area contributed by atoms with Crippen molar-refractivity contribution in [3.63, 3.8) is 0 Å². The van der Waals surface area contributed by atoms with Gasteiger partial charge in [0.05, 0.1) is 12.3 Å². The Morgan fingerprint density at radius 3 is 2.64 bits per heavy atom. The molecule has 0 radical (unpaired) electrons. The number of halogens is 1. The summed E-state index contributed by atoms with van der Waals surface area (Å²) in [6.07, 6.45) is 1.74. The zero-order valence-electron chi connectivity index (χ0n) is 15.4. The summed E-state index contributed by atoms with van der Waals surface area (Å²) in [5, 5.41) is 6.28. The molecule has 1 aromatic rings. The van der Waals surface area contributed by atoms with E-state index in [1.165, 1.54) is 6.26 Å². The summed E-state index contributed by atoms with van der Waals surface area (Å²) >= 11 is 0. The third-order valence-electron chi connectivity index (χ3n) is 3.16. The maximum Gasteiger partial charge on any atom is 0.191 e. The smallest absolute Gasteiger partial charge is 0.191 e. The average molecular weight is 483 g/mol. The Labute approximate surface area is 168 Å². The molecule has 0 aliphatic carbocycles. The van der Waals surface area contributed by atoms with E-state index < -0.39 is 9.84 Å². The molecule has 0 bridgehead atoms. The van der Waals surface area contributed by atoms with E-state index in [0.29, 0.717) is 25.5 Å². The standard InChI is InChI=1S/C17H29N3O3S.HI/c1-5-18-17(19-10-7-11-24(4,21)22)20-13-15(3)23-16-9-6-8-14(2)12-16;/h6,8-9,12,15H,5,7,10-11,13H2,1-4H3,(H2,18,19,20);1H. The van der Waals surface area contributed by atoms with E-state index in [1.54, 1.807) is 0 Å². The van der Waals surface area contributed by atoms with E-state index >= 15 is 0 Å². The van der Waals surface area contributed by atoms with E-state index in [1.807, 2.05) is 45.0 Å². The maximum absolute atomic E-state index is 11.1. The number of nitrogens with zero attached hydrogens (tertiary/aromatic N) is 1. The molecule has 0 fully saturated rings. The normalized spacial score (nSPS) is 12.9. The minimum atomic E-state index is -2.92. The van der Waals surface area contributed by atoms with Gasteiger partial charge >= 0.3 is 0 Å². The molecular formula is C17H30IN3O3S.